The topological polar surface area (TPSA) is 67.6 Å². The maximum atomic E-state index is 13.3. The van der Waals surface area contributed by atoms with E-state index in [1.54, 1.807) is 41.0 Å². The molecule has 0 saturated carbocycles. The predicted molar refractivity (Wildman–Crippen MR) is 89.6 cm³/mol. The van der Waals surface area contributed by atoms with Gasteiger partial charge in [0.1, 0.15) is 29.8 Å². The predicted octanol–water partition coefficient (Wildman–Crippen LogP) is 1.76. The largest absolute Gasteiger partial charge is 0.487 e. The van der Waals surface area contributed by atoms with Gasteiger partial charge in [0.05, 0.1) is 12.7 Å². The van der Waals surface area contributed by atoms with Crippen LogP contribution in [0, 0.1) is 12.7 Å². The van der Waals surface area contributed by atoms with Crippen molar-refractivity contribution in [2.24, 2.45) is 0 Å². The zero-order valence-corrected chi connectivity index (χ0v) is 14.4. The summed E-state index contributed by atoms with van der Waals surface area (Å²) in [5.74, 6) is -0.121. The van der Waals surface area contributed by atoms with Gasteiger partial charge in [-0.3, -0.25) is 9.48 Å². The van der Waals surface area contributed by atoms with Crippen LogP contribution in [0.4, 0.5) is 4.39 Å². The van der Waals surface area contributed by atoms with E-state index in [9.17, 15) is 14.3 Å². The molecule has 1 fully saturated rings. The molecule has 1 aliphatic heterocycles. The number of benzene rings is 1. The number of carbonyl (C=O) groups excluding carboxylic acids is 1. The zero-order valence-electron chi connectivity index (χ0n) is 14.4. The van der Waals surface area contributed by atoms with Crippen molar-refractivity contribution in [3.05, 3.63) is 48.0 Å². The van der Waals surface area contributed by atoms with Gasteiger partial charge in [-0.25, -0.2) is 4.39 Å². The SMILES string of the molecule is Cc1cnn(CC(=O)N2CC[C@H](Oc3cccc(F)c3)[C@@](C)(O)C2)c1. The number of hydrogen-bond acceptors (Lipinski definition) is 4. The Morgan fingerprint density at radius 1 is 1.52 bits per heavy atom. The summed E-state index contributed by atoms with van der Waals surface area (Å²) in [6.45, 7) is 4.31. The molecule has 6 nitrogen and oxygen atoms in total. The quantitative estimate of drug-likeness (QED) is 0.915. The van der Waals surface area contributed by atoms with Crippen LogP contribution in [-0.2, 0) is 11.3 Å². The molecule has 3 rings (SSSR count). The fourth-order valence-corrected chi connectivity index (χ4v) is 3.05. The van der Waals surface area contributed by atoms with Gasteiger partial charge in [-0.05, 0) is 31.5 Å². The molecule has 0 unspecified atom stereocenters. The summed E-state index contributed by atoms with van der Waals surface area (Å²) in [7, 11) is 0. The van der Waals surface area contributed by atoms with Crippen molar-refractivity contribution in [3.8, 4) is 5.75 Å². The van der Waals surface area contributed by atoms with Crippen LogP contribution in [-0.4, -0.2) is 50.5 Å². The van der Waals surface area contributed by atoms with E-state index in [2.05, 4.69) is 5.10 Å². The van der Waals surface area contributed by atoms with Crippen molar-refractivity contribution in [2.75, 3.05) is 13.1 Å². The van der Waals surface area contributed by atoms with E-state index in [4.69, 9.17) is 4.74 Å². The first-order chi connectivity index (χ1) is 11.8. The Morgan fingerprint density at radius 3 is 2.96 bits per heavy atom. The molecule has 1 N–H and O–H groups in total. The number of hydrogen-bond donors (Lipinski definition) is 1. The van der Waals surface area contributed by atoms with Crippen molar-refractivity contribution in [1.82, 2.24) is 14.7 Å². The number of nitrogens with zero attached hydrogens (tertiary/aromatic N) is 3. The third kappa shape index (κ3) is 4.17. The number of halogens is 1. The average Bonchev–Trinajstić information content (AvgIpc) is 2.94. The van der Waals surface area contributed by atoms with Crippen molar-refractivity contribution >= 4 is 5.91 Å². The number of piperidine rings is 1. The first kappa shape index (κ1) is 17.4. The molecule has 25 heavy (non-hydrogen) atoms. The maximum absolute atomic E-state index is 13.3. The lowest BCUT2D eigenvalue weighted by molar-refractivity contribution is -0.146. The molecule has 1 aliphatic rings. The van der Waals surface area contributed by atoms with Crippen LogP contribution in [0.3, 0.4) is 0 Å². The fourth-order valence-electron chi connectivity index (χ4n) is 3.05. The Balaban J connectivity index is 1.62. The van der Waals surface area contributed by atoms with Crippen LogP contribution in [0.15, 0.2) is 36.7 Å². The summed E-state index contributed by atoms with van der Waals surface area (Å²) in [5.41, 5.74) is -0.234. The van der Waals surface area contributed by atoms with Gasteiger partial charge < -0.3 is 14.7 Å². The lowest BCUT2D eigenvalue weighted by atomic mass is 9.91. The molecule has 0 bridgehead atoms. The molecule has 2 aromatic rings. The number of aromatic nitrogens is 2. The normalized spacial score (nSPS) is 23.5. The van der Waals surface area contributed by atoms with E-state index in [1.807, 2.05) is 6.92 Å². The van der Waals surface area contributed by atoms with E-state index < -0.39 is 11.7 Å². The second kappa shape index (κ2) is 6.84. The number of aliphatic hydroxyl groups is 1. The van der Waals surface area contributed by atoms with Crippen LogP contribution in [0.2, 0.25) is 0 Å². The van der Waals surface area contributed by atoms with Crippen molar-refractivity contribution in [2.45, 2.75) is 38.5 Å². The Bertz CT molecular complexity index is 760. The van der Waals surface area contributed by atoms with Gasteiger partial charge in [0.2, 0.25) is 5.91 Å². The third-order valence-corrected chi connectivity index (χ3v) is 4.35. The minimum absolute atomic E-state index is 0.104. The first-order valence-corrected chi connectivity index (χ1v) is 8.25. The minimum Gasteiger partial charge on any atom is -0.487 e. The Hall–Kier alpha value is -2.41. The first-order valence-electron chi connectivity index (χ1n) is 8.25. The van der Waals surface area contributed by atoms with Gasteiger partial charge in [-0.1, -0.05) is 6.07 Å². The highest BCUT2D eigenvalue weighted by Gasteiger charge is 2.41. The molecule has 2 heterocycles. The Kier molecular flexibility index (Phi) is 4.76. The molecule has 7 heteroatoms. The van der Waals surface area contributed by atoms with E-state index in [1.165, 1.54) is 12.1 Å². The highest BCUT2D eigenvalue weighted by atomic mass is 19.1. The zero-order chi connectivity index (χ0) is 18.0. The molecular formula is C18H22FN3O3. The Morgan fingerprint density at radius 2 is 2.32 bits per heavy atom. The smallest absolute Gasteiger partial charge is 0.244 e. The van der Waals surface area contributed by atoms with E-state index in [0.29, 0.717) is 18.7 Å². The van der Waals surface area contributed by atoms with Crippen LogP contribution in [0.5, 0.6) is 5.75 Å². The standard InChI is InChI=1S/C18H22FN3O3/c1-13-9-20-22(10-13)11-17(23)21-7-6-16(18(2,24)12-21)25-15-5-3-4-14(19)8-15/h3-5,8-10,16,24H,6-7,11-12H2,1-2H3/t16-,18-/m0/s1. The van der Waals surface area contributed by atoms with Crippen molar-refractivity contribution < 1.29 is 19.0 Å². The molecule has 1 amide bonds. The Labute approximate surface area is 145 Å². The second-order valence-corrected chi connectivity index (χ2v) is 6.74. The van der Waals surface area contributed by atoms with Gasteiger partial charge >= 0.3 is 0 Å². The molecule has 1 aromatic carbocycles. The number of amides is 1. The average molecular weight is 347 g/mol. The molecule has 1 saturated heterocycles. The van der Waals surface area contributed by atoms with Gasteiger partial charge in [0.15, 0.2) is 0 Å². The fraction of sp³-hybridized carbons (Fsp3) is 0.444. The van der Waals surface area contributed by atoms with Crippen LogP contribution < -0.4 is 4.74 Å². The lowest BCUT2D eigenvalue weighted by Crippen LogP contribution is -2.58. The summed E-state index contributed by atoms with van der Waals surface area (Å²) in [6, 6.07) is 5.83. The van der Waals surface area contributed by atoms with E-state index in [0.717, 1.165) is 5.56 Å². The molecular weight excluding hydrogens is 325 g/mol. The summed E-state index contributed by atoms with van der Waals surface area (Å²) >= 11 is 0. The third-order valence-electron chi connectivity index (χ3n) is 4.35. The number of likely N-dealkylation sites (tertiary alicyclic amines) is 1. The molecule has 2 atom stereocenters. The monoisotopic (exact) mass is 347 g/mol. The number of carbonyl (C=O) groups is 1. The number of ether oxygens (including phenoxy) is 1. The van der Waals surface area contributed by atoms with Crippen LogP contribution in [0.1, 0.15) is 18.9 Å². The minimum atomic E-state index is -1.22. The van der Waals surface area contributed by atoms with Gasteiger partial charge in [-0.15, -0.1) is 0 Å². The molecule has 1 aromatic heterocycles. The van der Waals surface area contributed by atoms with Crippen LogP contribution in [0.25, 0.3) is 0 Å². The highest BCUT2D eigenvalue weighted by molar-refractivity contribution is 5.76. The van der Waals surface area contributed by atoms with Crippen molar-refractivity contribution in [3.63, 3.8) is 0 Å². The summed E-state index contributed by atoms with van der Waals surface area (Å²) in [6.07, 6.45) is 3.46. The maximum Gasteiger partial charge on any atom is 0.244 e. The van der Waals surface area contributed by atoms with Gasteiger partial charge in [0, 0.05) is 25.2 Å². The summed E-state index contributed by atoms with van der Waals surface area (Å²) in [4.78, 5) is 14.1. The molecule has 0 spiro atoms. The second-order valence-electron chi connectivity index (χ2n) is 6.74. The molecule has 0 aliphatic carbocycles. The van der Waals surface area contributed by atoms with Crippen LogP contribution >= 0.6 is 0 Å². The summed E-state index contributed by atoms with van der Waals surface area (Å²) in [5, 5.41) is 14.8. The van der Waals surface area contributed by atoms with E-state index in [-0.39, 0.29) is 24.8 Å². The number of rotatable bonds is 4. The van der Waals surface area contributed by atoms with Crippen molar-refractivity contribution in [1.29, 1.82) is 0 Å². The summed E-state index contributed by atoms with van der Waals surface area (Å²) < 4.78 is 20.6. The number of aryl methyl sites for hydroxylation is 1. The van der Waals surface area contributed by atoms with E-state index >= 15 is 0 Å². The van der Waals surface area contributed by atoms with Gasteiger partial charge in [-0.2, -0.15) is 5.10 Å². The lowest BCUT2D eigenvalue weighted by Gasteiger charge is -2.42. The highest BCUT2D eigenvalue weighted by Crippen LogP contribution is 2.27. The molecule has 134 valence electrons. The van der Waals surface area contributed by atoms with Gasteiger partial charge in [0.25, 0.3) is 0 Å². The molecule has 0 radical (unpaired) electrons. The number of β-amino-alcohol motifs (C(OH)–C–C–N with tert-alkyl or cyclic N) is 1.